The van der Waals surface area contributed by atoms with Crippen LogP contribution < -0.4 is 5.32 Å². The van der Waals surface area contributed by atoms with E-state index in [4.69, 9.17) is 4.74 Å². The molecule has 0 amide bonds. The van der Waals surface area contributed by atoms with Crippen molar-refractivity contribution in [3.05, 3.63) is 12.4 Å². The lowest BCUT2D eigenvalue weighted by Crippen LogP contribution is -2.12. The van der Waals surface area contributed by atoms with E-state index in [2.05, 4.69) is 21.8 Å². The molecule has 4 nitrogen and oxygen atoms in total. The van der Waals surface area contributed by atoms with Gasteiger partial charge in [0.05, 0.1) is 6.10 Å². The van der Waals surface area contributed by atoms with Gasteiger partial charge in [-0.05, 0) is 26.2 Å². The largest absolute Gasteiger partial charge is 0.378 e. The van der Waals surface area contributed by atoms with Crippen LogP contribution in [0.15, 0.2) is 12.4 Å². The average molecular weight is 209 g/mol. The zero-order valence-corrected chi connectivity index (χ0v) is 9.28. The van der Waals surface area contributed by atoms with Crippen molar-refractivity contribution in [1.82, 2.24) is 9.55 Å². The molecular formula is C11H19N3O. The highest BCUT2D eigenvalue weighted by Gasteiger charge is 2.15. The third-order valence-electron chi connectivity index (χ3n) is 2.77. The van der Waals surface area contributed by atoms with Gasteiger partial charge in [-0.25, -0.2) is 4.98 Å². The van der Waals surface area contributed by atoms with Gasteiger partial charge in [-0.3, -0.25) is 0 Å². The van der Waals surface area contributed by atoms with E-state index in [9.17, 15) is 0 Å². The fourth-order valence-electron chi connectivity index (χ4n) is 1.97. The highest BCUT2D eigenvalue weighted by Crippen LogP contribution is 2.17. The maximum absolute atomic E-state index is 5.60. The van der Waals surface area contributed by atoms with Crippen LogP contribution in [0.25, 0.3) is 0 Å². The molecule has 1 aromatic heterocycles. The Balaban J connectivity index is 1.83. The second-order valence-electron chi connectivity index (χ2n) is 3.90. The molecule has 2 rings (SSSR count). The molecule has 1 aromatic rings. The van der Waals surface area contributed by atoms with Crippen LogP contribution in [0, 0.1) is 0 Å². The van der Waals surface area contributed by atoms with Crippen molar-refractivity contribution in [2.24, 2.45) is 0 Å². The van der Waals surface area contributed by atoms with Gasteiger partial charge in [0.1, 0.15) is 0 Å². The number of nitrogens with one attached hydrogen (secondary N) is 1. The molecule has 1 atom stereocenters. The van der Waals surface area contributed by atoms with Crippen LogP contribution in [-0.2, 0) is 11.3 Å². The summed E-state index contributed by atoms with van der Waals surface area (Å²) < 4.78 is 7.75. The molecule has 1 fully saturated rings. The molecule has 0 aromatic carbocycles. The number of hydrogen-bond donors (Lipinski definition) is 1. The van der Waals surface area contributed by atoms with E-state index in [1.165, 1.54) is 12.8 Å². The molecule has 1 N–H and O–H groups in total. The molecule has 0 bridgehead atoms. The smallest absolute Gasteiger partial charge is 0.202 e. The fraction of sp³-hybridized carbons (Fsp3) is 0.727. The van der Waals surface area contributed by atoms with Crippen LogP contribution in [0.4, 0.5) is 5.95 Å². The van der Waals surface area contributed by atoms with Gasteiger partial charge in [-0.15, -0.1) is 0 Å². The first-order valence-corrected chi connectivity index (χ1v) is 5.76. The van der Waals surface area contributed by atoms with Crippen molar-refractivity contribution in [3.8, 4) is 0 Å². The molecule has 1 aliphatic heterocycles. The molecule has 4 heteroatoms. The zero-order valence-electron chi connectivity index (χ0n) is 9.28. The lowest BCUT2D eigenvalue weighted by molar-refractivity contribution is 0.100. The summed E-state index contributed by atoms with van der Waals surface area (Å²) in [5.41, 5.74) is 0. The van der Waals surface area contributed by atoms with E-state index in [-0.39, 0.29) is 0 Å². The molecule has 1 unspecified atom stereocenters. The molecule has 0 aliphatic carbocycles. The molecule has 84 valence electrons. The summed E-state index contributed by atoms with van der Waals surface area (Å²) in [5.74, 6) is 0.968. The Labute approximate surface area is 90.6 Å². The van der Waals surface area contributed by atoms with Crippen molar-refractivity contribution in [1.29, 1.82) is 0 Å². The van der Waals surface area contributed by atoms with Crippen molar-refractivity contribution >= 4 is 5.95 Å². The van der Waals surface area contributed by atoms with Crippen molar-refractivity contribution in [2.45, 2.75) is 38.8 Å². The molecule has 1 aliphatic rings. The quantitative estimate of drug-likeness (QED) is 0.804. The summed E-state index contributed by atoms with van der Waals surface area (Å²) in [6.07, 6.45) is 7.84. The topological polar surface area (TPSA) is 39.1 Å². The minimum atomic E-state index is 0.460. The van der Waals surface area contributed by atoms with Gasteiger partial charge >= 0.3 is 0 Å². The maximum Gasteiger partial charge on any atom is 0.202 e. The molecule has 0 spiro atoms. The Hall–Kier alpha value is -1.03. The summed E-state index contributed by atoms with van der Waals surface area (Å²) in [6, 6.07) is 0. The number of rotatable bonds is 5. The summed E-state index contributed by atoms with van der Waals surface area (Å²) in [4.78, 5) is 4.26. The predicted octanol–water partition coefficient (Wildman–Crippen LogP) is 1.88. The Kier molecular flexibility index (Phi) is 3.61. The van der Waals surface area contributed by atoms with Crippen LogP contribution in [-0.4, -0.2) is 28.8 Å². The number of ether oxygens (including phenoxy) is 1. The van der Waals surface area contributed by atoms with E-state index >= 15 is 0 Å². The number of nitrogens with zero attached hydrogens (tertiary/aromatic N) is 2. The van der Waals surface area contributed by atoms with E-state index in [1.54, 1.807) is 0 Å². The fourth-order valence-corrected chi connectivity index (χ4v) is 1.97. The van der Waals surface area contributed by atoms with E-state index < -0.39 is 0 Å². The number of aryl methyl sites for hydroxylation is 1. The first kappa shape index (κ1) is 10.5. The number of anilines is 1. The van der Waals surface area contributed by atoms with Crippen molar-refractivity contribution in [2.75, 3.05) is 18.5 Å². The normalized spacial score (nSPS) is 20.7. The van der Waals surface area contributed by atoms with Crippen LogP contribution in [0.2, 0.25) is 0 Å². The van der Waals surface area contributed by atoms with Gasteiger partial charge in [0.25, 0.3) is 0 Å². The zero-order chi connectivity index (χ0) is 10.5. The third-order valence-corrected chi connectivity index (χ3v) is 2.77. The lowest BCUT2D eigenvalue weighted by atomic mass is 10.2. The van der Waals surface area contributed by atoms with Gasteiger partial charge in [-0.2, -0.15) is 0 Å². The minimum Gasteiger partial charge on any atom is -0.378 e. The Morgan fingerprint density at radius 1 is 1.67 bits per heavy atom. The van der Waals surface area contributed by atoms with Gasteiger partial charge in [0.15, 0.2) is 0 Å². The van der Waals surface area contributed by atoms with Gasteiger partial charge < -0.3 is 14.6 Å². The number of aromatic nitrogens is 2. The van der Waals surface area contributed by atoms with Crippen LogP contribution >= 0.6 is 0 Å². The van der Waals surface area contributed by atoms with Crippen LogP contribution in [0.3, 0.4) is 0 Å². The molecule has 15 heavy (non-hydrogen) atoms. The Morgan fingerprint density at radius 2 is 2.60 bits per heavy atom. The Bertz CT molecular complexity index is 292. The summed E-state index contributed by atoms with van der Waals surface area (Å²) >= 11 is 0. The molecular weight excluding hydrogens is 190 g/mol. The molecule has 2 heterocycles. The monoisotopic (exact) mass is 209 g/mol. The standard InChI is InChI=1S/C11H19N3O/c1-2-12-11-13-6-8-14(11)7-5-10-4-3-9-15-10/h6,8,10H,2-5,7,9H2,1H3,(H,12,13). The van der Waals surface area contributed by atoms with E-state index in [1.807, 2.05) is 12.4 Å². The SMILES string of the molecule is CCNc1nccn1CCC1CCCO1. The maximum atomic E-state index is 5.60. The third kappa shape index (κ3) is 2.72. The first-order valence-electron chi connectivity index (χ1n) is 5.76. The van der Waals surface area contributed by atoms with Gasteiger partial charge in [-0.1, -0.05) is 0 Å². The predicted molar refractivity (Wildman–Crippen MR) is 60.0 cm³/mol. The number of hydrogen-bond acceptors (Lipinski definition) is 3. The van der Waals surface area contributed by atoms with Gasteiger partial charge in [0.2, 0.25) is 5.95 Å². The van der Waals surface area contributed by atoms with Gasteiger partial charge in [0, 0.05) is 32.1 Å². The van der Waals surface area contributed by atoms with Crippen LogP contribution in [0.1, 0.15) is 26.2 Å². The molecule has 0 saturated carbocycles. The molecule has 1 saturated heterocycles. The minimum absolute atomic E-state index is 0.460. The highest BCUT2D eigenvalue weighted by atomic mass is 16.5. The summed E-state index contributed by atoms with van der Waals surface area (Å²) in [6.45, 7) is 4.93. The average Bonchev–Trinajstić information content (AvgIpc) is 2.85. The van der Waals surface area contributed by atoms with Crippen molar-refractivity contribution in [3.63, 3.8) is 0 Å². The summed E-state index contributed by atoms with van der Waals surface area (Å²) in [5, 5.41) is 3.24. The first-order chi connectivity index (χ1) is 7.40. The second kappa shape index (κ2) is 5.16. The highest BCUT2D eigenvalue weighted by molar-refractivity contribution is 5.25. The van der Waals surface area contributed by atoms with Crippen LogP contribution in [0.5, 0.6) is 0 Å². The second-order valence-corrected chi connectivity index (χ2v) is 3.90. The van der Waals surface area contributed by atoms with E-state index in [0.717, 1.165) is 32.1 Å². The van der Waals surface area contributed by atoms with E-state index in [0.29, 0.717) is 6.10 Å². The summed E-state index contributed by atoms with van der Waals surface area (Å²) in [7, 11) is 0. The van der Waals surface area contributed by atoms with Crippen molar-refractivity contribution < 1.29 is 4.74 Å². The Morgan fingerprint density at radius 3 is 3.33 bits per heavy atom. The lowest BCUT2D eigenvalue weighted by Gasteiger charge is -2.11. The number of imidazole rings is 1. The molecule has 0 radical (unpaired) electrons.